The molecule has 1 saturated heterocycles. The molecule has 1 fully saturated rings. The van der Waals surface area contributed by atoms with Crippen LogP contribution in [0, 0.1) is 0 Å². The fourth-order valence-electron chi connectivity index (χ4n) is 4.74. The summed E-state index contributed by atoms with van der Waals surface area (Å²) in [6, 6.07) is 8.42. The molecule has 178 valence electrons. The Balaban J connectivity index is 1.43. The predicted octanol–water partition coefficient (Wildman–Crippen LogP) is 4.70. The SMILES string of the molecule is CC[C@H]1CCCCN1CCCNC(=O)c1cc2c(-c3ccc(OC)c(OC)c3)nn(C)c2s1. The highest BCUT2D eigenvalue weighted by molar-refractivity contribution is 7.20. The van der Waals surface area contributed by atoms with Crippen molar-refractivity contribution in [3.63, 3.8) is 0 Å². The van der Waals surface area contributed by atoms with E-state index < -0.39 is 0 Å². The molecule has 0 saturated carbocycles. The van der Waals surface area contributed by atoms with E-state index in [1.54, 1.807) is 14.2 Å². The summed E-state index contributed by atoms with van der Waals surface area (Å²) in [5.41, 5.74) is 1.76. The first kappa shape index (κ1) is 23.6. The van der Waals surface area contributed by atoms with Crippen molar-refractivity contribution in [2.75, 3.05) is 33.9 Å². The van der Waals surface area contributed by atoms with Gasteiger partial charge in [-0.2, -0.15) is 5.10 Å². The van der Waals surface area contributed by atoms with Gasteiger partial charge in [-0.25, -0.2) is 0 Å². The van der Waals surface area contributed by atoms with E-state index in [1.807, 2.05) is 36.0 Å². The van der Waals surface area contributed by atoms with E-state index in [2.05, 4.69) is 22.2 Å². The number of aromatic nitrogens is 2. The van der Waals surface area contributed by atoms with Crippen LogP contribution in [0.5, 0.6) is 11.5 Å². The highest BCUT2D eigenvalue weighted by Gasteiger charge is 2.21. The van der Waals surface area contributed by atoms with Crippen molar-refractivity contribution < 1.29 is 14.3 Å². The van der Waals surface area contributed by atoms with Crippen LogP contribution in [0.3, 0.4) is 0 Å². The van der Waals surface area contributed by atoms with Gasteiger partial charge in [-0.15, -0.1) is 11.3 Å². The smallest absolute Gasteiger partial charge is 0.261 e. The molecule has 3 heterocycles. The van der Waals surface area contributed by atoms with E-state index in [9.17, 15) is 4.79 Å². The van der Waals surface area contributed by atoms with Gasteiger partial charge >= 0.3 is 0 Å². The second kappa shape index (κ2) is 10.6. The minimum absolute atomic E-state index is 0.0138. The maximum atomic E-state index is 12.8. The number of benzene rings is 1. The van der Waals surface area contributed by atoms with Gasteiger partial charge in [0.2, 0.25) is 0 Å². The molecule has 1 amide bonds. The lowest BCUT2D eigenvalue weighted by molar-refractivity contribution is 0.0951. The summed E-state index contributed by atoms with van der Waals surface area (Å²) >= 11 is 1.48. The molecular weight excluding hydrogens is 436 g/mol. The number of amides is 1. The third-order valence-corrected chi connectivity index (χ3v) is 7.72. The van der Waals surface area contributed by atoms with Crippen LogP contribution in [0.25, 0.3) is 21.5 Å². The number of fused-ring (bicyclic) bond motifs is 1. The van der Waals surface area contributed by atoms with Crippen molar-refractivity contribution >= 4 is 27.5 Å². The molecule has 0 unspecified atom stereocenters. The van der Waals surface area contributed by atoms with Gasteiger partial charge in [0.1, 0.15) is 10.5 Å². The van der Waals surface area contributed by atoms with E-state index in [1.165, 1.54) is 43.6 Å². The van der Waals surface area contributed by atoms with Crippen molar-refractivity contribution in [3.8, 4) is 22.8 Å². The Hall–Kier alpha value is -2.58. The molecule has 1 aliphatic heterocycles. The molecule has 33 heavy (non-hydrogen) atoms. The number of nitrogens with one attached hydrogen (secondary N) is 1. The number of nitrogens with zero attached hydrogens (tertiary/aromatic N) is 3. The molecule has 4 rings (SSSR count). The predicted molar refractivity (Wildman–Crippen MR) is 134 cm³/mol. The summed E-state index contributed by atoms with van der Waals surface area (Å²) in [6.07, 6.45) is 6.14. The number of likely N-dealkylation sites (tertiary alicyclic amines) is 1. The van der Waals surface area contributed by atoms with Crippen molar-refractivity contribution in [1.82, 2.24) is 20.0 Å². The minimum atomic E-state index is -0.0138. The maximum Gasteiger partial charge on any atom is 0.261 e. The molecule has 0 bridgehead atoms. The van der Waals surface area contributed by atoms with Crippen molar-refractivity contribution in [3.05, 3.63) is 29.1 Å². The summed E-state index contributed by atoms with van der Waals surface area (Å²) in [4.78, 5) is 17.1. The molecule has 0 radical (unpaired) electrons. The quantitative estimate of drug-likeness (QED) is 0.459. The second-order valence-electron chi connectivity index (χ2n) is 8.57. The van der Waals surface area contributed by atoms with Crippen LogP contribution < -0.4 is 14.8 Å². The fourth-order valence-corrected chi connectivity index (χ4v) is 5.73. The Morgan fingerprint density at radius 3 is 2.79 bits per heavy atom. The largest absolute Gasteiger partial charge is 0.493 e. The lowest BCUT2D eigenvalue weighted by Gasteiger charge is -2.35. The Labute approximate surface area is 199 Å². The second-order valence-corrected chi connectivity index (χ2v) is 9.61. The molecule has 1 atom stereocenters. The van der Waals surface area contributed by atoms with Crippen molar-refractivity contribution in [2.45, 2.75) is 45.1 Å². The van der Waals surface area contributed by atoms with Gasteiger partial charge in [-0.1, -0.05) is 13.3 Å². The third kappa shape index (κ3) is 5.01. The molecule has 1 aliphatic rings. The average molecular weight is 471 g/mol. The molecule has 0 spiro atoms. The molecule has 3 aromatic rings. The maximum absolute atomic E-state index is 12.8. The van der Waals surface area contributed by atoms with Gasteiger partial charge in [0.15, 0.2) is 11.5 Å². The van der Waals surface area contributed by atoms with Gasteiger partial charge in [0.05, 0.1) is 19.1 Å². The molecule has 8 heteroatoms. The number of rotatable bonds is 9. The molecule has 0 aliphatic carbocycles. The fraction of sp³-hybridized carbons (Fsp3) is 0.520. The lowest BCUT2D eigenvalue weighted by atomic mass is 10.00. The molecule has 2 aromatic heterocycles. The number of methoxy groups -OCH3 is 2. The monoisotopic (exact) mass is 470 g/mol. The first-order valence-corrected chi connectivity index (χ1v) is 12.6. The summed E-state index contributed by atoms with van der Waals surface area (Å²) in [5.74, 6) is 1.31. The summed E-state index contributed by atoms with van der Waals surface area (Å²) < 4.78 is 12.6. The molecular formula is C25H34N4O3S. The van der Waals surface area contributed by atoms with Crippen LogP contribution in [0.2, 0.25) is 0 Å². The Morgan fingerprint density at radius 1 is 1.21 bits per heavy atom. The normalized spacial score (nSPS) is 16.8. The van der Waals surface area contributed by atoms with Crippen molar-refractivity contribution in [1.29, 1.82) is 0 Å². The summed E-state index contributed by atoms with van der Waals surface area (Å²) in [5, 5.41) is 8.77. The Bertz CT molecular complexity index is 1110. The van der Waals surface area contributed by atoms with Gasteiger partial charge in [-0.3, -0.25) is 9.48 Å². The highest BCUT2D eigenvalue weighted by atomic mass is 32.1. The van der Waals surface area contributed by atoms with Crippen LogP contribution in [0.1, 0.15) is 48.7 Å². The zero-order chi connectivity index (χ0) is 23.4. The first-order chi connectivity index (χ1) is 16.0. The number of carbonyl (C=O) groups is 1. The van der Waals surface area contributed by atoms with Gasteiger partial charge in [0.25, 0.3) is 5.91 Å². The van der Waals surface area contributed by atoms with Crippen molar-refractivity contribution in [2.24, 2.45) is 7.05 Å². The number of carbonyl (C=O) groups excluding carboxylic acids is 1. The van der Waals surface area contributed by atoms with E-state index in [0.717, 1.165) is 34.4 Å². The van der Waals surface area contributed by atoms with Crippen LogP contribution in [0.15, 0.2) is 24.3 Å². The Kier molecular flexibility index (Phi) is 7.55. The van der Waals surface area contributed by atoms with E-state index >= 15 is 0 Å². The van der Waals surface area contributed by atoms with E-state index in [0.29, 0.717) is 29.0 Å². The van der Waals surface area contributed by atoms with Crippen LogP contribution in [0.4, 0.5) is 0 Å². The number of hydrogen-bond acceptors (Lipinski definition) is 6. The van der Waals surface area contributed by atoms with Gasteiger partial charge in [-0.05, 0) is 56.5 Å². The van der Waals surface area contributed by atoms with Crippen LogP contribution in [-0.2, 0) is 7.05 Å². The third-order valence-electron chi connectivity index (χ3n) is 6.52. The Morgan fingerprint density at radius 2 is 2.03 bits per heavy atom. The average Bonchev–Trinajstić information content (AvgIpc) is 3.42. The number of aryl methyl sites for hydroxylation is 1. The number of ether oxygens (including phenoxy) is 2. The lowest BCUT2D eigenvalue weighted by Crippen LogP contribution is -2.40. The summed E-state index contributed by atoms with van der Waals surface area (Å²) in [6.45, 7) is 5.21. The number of thiophene rings is 1. The standard InChI is InChI=1S/C25H34N4O3S/c1-5-18-9-6-7-13-29(18)14-8-12-26-24(30)22-16-19-23(27-28(2)25(19)33-22)17-10-11-20(31-3)21(15-17)32-4/h10-11,15-16,18H,5-9,12-14H2,1-4H3,(H,26,30)/t18-/m0/s1. The molecule has 7 nitrogen and oxygen atoms in total. The first-order valence-electron chi connectivity index (χ1n) is 11.8. The number of piperidine rings is 1. The molecule has 1 N–H and O–H groups in total. The topological polar surface area (TPSA) is 68.6 Å². The summed E-state index contributed by atoms with van der Waals surface area (Å²) in [7, 11) is 5.15. The minimum Gasteiger partial charge on any atom is -0.493 e. The van der Waals surface area contributed by atoms with Crippen LogP contribution in [-0.4, -0.2) is 60.5 Å². The van der Waals surface area contributed by atoms with Gasteiger partial charge < -0.3 is 19.7 Å². The zero-order valence-electron chi connectivity index (χ0n) is 20.0. The van der Waals surface area contributed by atoms with E-state index in [4.69, 9.17) is 9.47 Å². The van der Waals surface area contributed by atoms with Crippen LogP contribution >= 0.6 is 11.3 Å². The van der Waals surface area contributed by atoms with Gasteiger partial charge in [0, 0.05) is 37.1 Å². The highest BCUT2D eigenvalue weighted by Crippen LogP contribution is 2.37. The number of hydrogen-bond donors (Lipinski definition) is 1. The molecule has 1 aromatic carbocycles. The van der Waals surface area contributed by atoms with E-state index in [-0.39, 0.29) is 5.91 Å². The zero-order valence-corrected chi connectivity index (χ0v) is 20.8.